The number of alkyl halides is 1. The van der Waals surface area contributed by atoms with E-state index in [1.165, 1.54) is 0 Å². The van der Waals surface area contributed by atoms with Crippen LogP contribution in [0.15, 0.2) is 22.2 Å². The molecule has 0 bridgehead atoms. The summed E-state index contributed by atoms with van der Waals surface area (Å²) in [5.74, 6) is -6.85. The molecule has 0 radical (unpaired) electrons. The van der Waals surface area contributed by atoms with E-state index in [9.17, 15) is 19.4 Å². The molecule has 2 rings (SSSR count). The van der Waals surface area contributed by atoms with E-state index in [1.54, 1.807) is 0 Å². The molecule has 0 unspecified atom stereocenters. The van der Waals surface area contributed by atoms with Crippen LogP contribution in [-0.2, 0) is 10.6 Å². The van der Waals surface area contributed by atoms with Gasteiger partial charge in [0.1, 0.15) is 18.0 Å². The van der Waals surface area contributed by atoms with Gasteiger partial charge in [-0.3, -0.25) is 4.57 Å². The molecular weight excluding hydrogens is 291 g/mol. The molecule has 1 saturated heterocycles. The highest BCUT2D eigenvalue weighted by atomic mass is 19.2. The number of aliphatic hydroxyl groups excluding tert-OH is 2. The first-order valence-corrected chi connectivity index (χ1v) is 5.60. The van der Waals surface area contributed by atoms with Crippen molar-refractivity contribution in [3.63, 3.8) is 0 Å². The highest BCUT2D eigenvalue weighted by Crippen LogP contribution is 2.45. The van der Waals surface area contributed by atoms with E-state index in [-0.39, 0.29) is 5.82 Å². The van der Waals surface area contributed by atoms with Crippen LogP contribution in [0.25, 0.3) is 10.4 Å². The van der Waals surface area contributed by atoms with Crippen molar-refractivity contribution >= 4 is 5.82 Å². The first-order valence-electron chi connectivity index (χ1n) is 5.60. The van der Waals surface area contributed by atoms with Gasteiger partial charge in [0.15, 0.2) is 0 Å². The normalized spacial score (nSPS) is 35.4. The predicted octanol–water partition coefficient (Wildman–Crippen LogP) is -1.84. The number of nitrogens with zero attached hydrogens (tertiary/aromatic N) is 5. The Labute approximate surface area is 115 Å². The zero-order valence-corrected chi connectivity index (χ0v) is 10.4. The maximum atomic E-state index is 14.5. The minimum absolute atomic E-state index is 0.202. The predicted molar refractivity (Wildman–Crippen MR) is 64.1 cm³/mol. The molecule has 0 amide bonds. The first-order chi connectivity index (χ1) is 9.80. The third-order valence-corrected chi connectivity index (χ3v) is 3.03. The monoisotopic (exact) mass is 302 g/mol. The van der Waals surface area contributed by atoms with E-state index in [0.717, 1.165) is 12.3 Å². The summed E-state index contributed by atoms with van der Waals surface area (Å²) in [6.45, 7) is -0.896. The second kappa shape index (κ2) is 4.95. The fourth-order valence-corrected chi connectivity index (χ4v) is 2.01. The van der Waals surface area contributed by atoms with Crippen LogP contribution in [0.2, 0.25) is 0 Å². The van der Waals surface area contributed by atoms with Crippen molar-refractivity contribution < 1.29 is 24.4 Å². The largest absolute Gasteiger partial charge is 0.394 e. The lowest BCUT2D eigenvalue weighted by molar-refractivity contribution is -0.258. The fraction of sp³-hybridized carbons (Fsp3) is 0.556. The van der Waals surface area contributed by atoms with Gasteiger partial charge in [0.25, 0.3) is 11.7 Å². The number of halogens is 1. The number of nitrogens with two attached hydrogens (primary N) is 1. The van der Waals surface area contributed by atoms with Crippen LogP contribution in [0, 0.1) is 0 Å². The Kier molecular flexibility index (Phi) is 3.57. The minimum atomic E-state index is -3.69. The average molecular weight is 302 g/mol. The van der Waals surface area contributed by atoms with Gasteiger partial charge in [0, 0.05) is 11.1 Å². The molecule has 1 aromatic rings. The zero-order valence-electron chi connectivity index (χ0n) is 10.4. The third kappa shape index (κ3) is 2.02. The van der Waals surface area contributed by atoms with Crippen molar-refractivity contribution in [2.45, 2.75) is 23.9 Å². The molecule has 2 heterocycles. The Hall–Kier alpha value is -2.24. The van der Waals surface area contributed by atoms with Gasteiger partial charge in [-0.05, 0) is 16.7 Å². The van der Waals surface area contributed by atoms with Crippen LogP contribution in [-0.4, -0.2) is 49.5 Å². The molecule has 11 nitrogen and oxygen atoms in total. The number of hydrogen-bond acceptors (Lipinski definition) is 8. The van der Waals surface area contributed by atoms with Gasteiger partial charge in [-0.15, -0.1) is 0 Å². The van der Waals surface area contributed by atoms with E-state index in [1.807, 2.05) is 0 Å². The zero-order chi connectivity index (χ0) is 15.8. The van der Waals surface area contributed by atoms with Gasteiger partial charge >= 0.3 is 5.69 Å². The second-order valence-corrected chi connectivity index (χ2v) is 4.26. The summed E-state index contributed by atoms with van der Waals surface area (Å²) in [6, 6.07) is 1.06. The standard InChI is InChI=1S/C9H11FN6O5/c10-8(20)6(18)4(3-17)21-9(8,14-15-12)16-2-1-5(11)13-7(16)19/h1-2,4,6,17-18,20H,3H2,(H2,11,13,19)/t4-,6-,8-,9+/m1/s1. The summed E-state index contributed by atoms with van der Waals surface area (Å²) in [6.07, 6.45) is -3.02. The topological polar surface area (TPSA) is 180 Å². The summed E-state index contributed by atoms with van der Waals surface area (Å²) in [7, 11) is 0. The molecule has 0 aliphatic carbocycles. The summed E-state index contributed by atoms with van der Waals surface area (Å²) >= 11 is 0. The van der Waals surface area contributed by atoms with Crippen LogP contribution < -0.4 is 11.4 Å². The van der Waals surface area contributed by atoms with Crippen LogP contribution in [0.1, 0.15) is 0 Å². The smallest absolute Gasteiger partial charge is 0.352 e. The number of aliphatic hydroxyl groups is 3. The summed E-state index contributed by atoms with van der Waals surface area (Å²) in [5, 5.41) is 31.4. The first kappa shape index (κ1) is 15.2. The lowest BCUT2D eigenvalue weighted by Crippen LogP contribution is -2.56. The highest BCUT2D eigenvalue weighted by molar-refractivity contribution is 5.24. The van der Waals surface area contributed by atoms with Crippen molar-refractivity contribution in [1.29, 1.82) is 0 Å². The highest BCUT2D eigenvalue weighted by Gasteiger charge is 2.68. The van der Waals surface area contributed by atoms with E-state index in [4.69, 9.17) is 21.1 Å². The van der Waals surface area contributed by atoms with Crippen molar-refractivity contribution in [1.82, 2.24) is 9.55 Å². The lowest BCUT2D eigenvalue weighted by Gasteiger charge is -2.32. The Morgan fingerprint density at radius 3 is 2.86 bits per heavy atom. The van der Waals surface area contributed by atoms with Crippen LogP contribution in [0.5, 0.6) is 0 Å². The Bertz CT molecular complexity index is 658. The van der Waals surface area contributed by atoms with Crippen molar-refractivity contribution in [2.24, 2.45) is 5.11 Å². The maximum absolute atomic E-state index is 14.5. The molecule has 0 saturated carbocycles. The Morgan fingerprint density at radius 1 is 1.71 bits per heavy atom. The number of aromatic nitrogens is 2. The van der Waals surface area contributed by atoms with Crippen LogP contribution in [0.4, 0.5) is 10.2 Å². The van der Waals surface area contributed by atoms with E-state index < -0.39 is 36.2 Å². The summed E-state index contributed by atoms with van der Waals surface area (Å²) < 4.78 is 19.7. The van der Waals surface area contributed by atoms with E-state index >= 15 is 0 Å². The lowest BCUT2D eigenvalue weighted by atomic mass is 10.1. The summed E-state index contributed by atoms with van der Waals surface area (Å²) in [4.78, 5) is 17.4. The van der Waals surface area contributed by atoms with Crippen molar-refractivity contribution in [3.05, 3.63) is 33.2 Å². The molecule has 4 atom stereocenters. The molecular formula is C9H11FN6O5. The van der Waals surface area contributed by atoms with Gasteiger partial charge in [-0.2, -0.15) is 4.98 Å². The molecule has 1 fully saturated rings. The SMILES string of the molecule is [N-]=[N+]=N[C@@]1(n2ccc(N)nc2=O)O[C@H](CO)[C@@H](O)[C@]1(O)F. The summed E-state index contributed by atoms with van der Waals surface area (Å²) in [5.41, 5.74) is 12.7. The number of ether oxygens (including phenoxy) is 1. The second-order valence-electron chi connectivity index (χ2n) is 4.26. The Morgan fingerprint density at radius 2 is 2.38 bits per heavy atom. The molecule has 0 spiro atoms. The van der Waals surface area contributed by atoms with Gasteiger partial charge in [-0.25, -0.2) is 9.18 Å². The van der Waals surface area contributed by atoms with E-state index in [2.05, 4.69) is 15.0 Å². The molecule has 0 aromatic carbocycles. The van der Waals surface area contributed by atoms with E-state index in [0.29, 0.717) is 4.57 Å². The molecule has 114 valence electrons. The van der Waals surface area contributed by atoms with Gasteiger partial charge in [-0.1, -0.05) is 0 Å². The molecule has 21 heavy (non-hydrogen) atoms. The molecule has 1 aromatic heterocycles. The molecule has 12 heteroatoms. The van der Waals surface area contributed by atoms with Crippen LogP contribution in [0.3, 0.4) is 0 Å². The number of azide groups is 1. The average Bonchev–Trinajstić information content (AvgIpc) is 2.60. The Balaban J connectivity index is 2.72. The van der Waals surface area contributed by atoms with Crippen molar-refractivity contribution in [3.8, 4) is 0 Å². The third-order valence-electron chi connectivity index (χ3n) is 3.03. The molecule has 1 aliphatic rings. The minimum Gasteiger partial charge on any atom is -0.394 e. The molecule has 1 aliphatic heterocycles. The fourth-order valence-electron chi connectivity index (χ4n) is 2.01. The van der Waals surface area contributed by atoms with Crippen LogP contribution >= 0.6 is 0 Å². The quantitative estimate of drug-likeness (QED) is 0.287. The number of anilines is 1. The number of nitrogen functional groups attached to an aromatic ring is 1. The van der Waals surface area contributed by atoms with Gasteiger partial charge in [0.2, 0.25) is 0 Å². The maximum Gasteiger partial charge on any atom is 0.352 e. The number of hydrogen-bond donors (Lipinski definition) is 4. The van der Waals surface area contributed by atoms with Gasteiger partial charge in [0.05, 0.1) is 6.61 Å². The van der Waals surface area contributed by atoms with Gasteiger partial charge < -0.3 is 25.8 Å². The molecule has 5 N–H and O–H groups in total. The van der Waals surface area contributed by atoms with Crippen molar-refractivity contribution in [2.75, 3.05) is 12.3 Å². The number of rotatable bonds is 3.